The van der Waals surface area contributed by atoms with Gasteiger partial charge in [0.2, 0.25) is 5.91 Å². The summed E-state index contributed by atoms with van der Waals surface area (Å²) in [5.74, 6) is 0.125. The van der Waals surface area contributed by atoms with Gasteiger partial charge in [-0.1, -0.05) is 11.6 Å². The molecule has 0 spiro atoms. The predicted octanol–water partition coefficient (Wildman–Crippen LogP) is 3.21. The molecule has 0 unspecified atom stereocenters. The fourth-order valence-electron chi connectivity index (χ4n) is 3.75. The molecule has 5 heteroatoms. The van der Waals surface area contributed by atoms with Gasteiger partial charge in [-0.3, -0.25) is 9.69 Å². The lowest BCUT2D eigenvalue weighted by atomic mass is 10.0. The summed E-state index contributed by atoms with van der Waals surface area (Å²) in [7, 11) is 0. The second-order valence-corrected chi connectivity index (χ2v) is 7.53. The van der Waals surface area contributed by atoms with Crippen molar-refractivity contribution in [1.29, 1.82) is 0 Å². The second kappa shape index (κ2) is 8.23. The maximum Gasteiger partial charge on any atom is 0.220 e. The van der Waals surface area contributed by atoms with Crippen molar-refractivity contribution in [1.82, 2.24) is 15.2 Å². The van der Waals surface area contributed by atoms with Gasteiger partial charge in [-0.15, -0.1) is 0 Å². The highest BCUT2D eigenvalue weighted by molar-refractivity contribution is 5.88. The normalized spacial score (nSPS) is 16.8. The van der Waals surface area contributed by atoms with E-state index in [9.17, 15) is 4.79 Å². The molecule has 0 bridgehead atoms. The molecule has 5 nitrogen and oxygen atoms in total. The van der Waals surface area contributed by atoms with Crippen LogP contribution in [0, 0.1) is 20.8 Å². The molecular weight excluding hydrogens is 326 g/mol. The van der Waals surface area contributed by atoms with Gasteiger partial charge in [-0.05, 0) is 51.3 Å². The Morgan fingerprint density at radius 3 is 2.73 bits per heavy atom. The monoisotopic (exact) mass is 357 g/mol. The van der Waals surface area contributed by atoms with Gasteiger partial charge in [-0.2, -0.15) is 0 Å². The van der Waals surface area contributed by atoms with Gasteiger partial charge in [0.25, 0.3) is 0 Å². The number of morpholine rings is 1. The number of benzene rings is 1. The number of carbonyl (C=O) groups excluding carboxylic acids is 1. The van der Waals surface area contributed by atoms with Gasteiger partial charge < -0.3 is 15.0 Å². The molecule has 1 aliphatic rings. The van der Waals surface area contributed by atoms with Gasteiger partial charge in [0.1, 0.15) is 0 Å². The zero-order chi connectivity index (χ0) is 18.7. The third-order valence-corrected chi connectivity index (χ3v) is 5.58. The molecule has 1 atom stereocenters. The van der Waals surface area contributed by atoms with E-state index in [4.69, 9.17) is 4.74 Å². The number of aryl methyl sites for hydroxylation is 3. The van der Waals surface area contributed by atoms with Crippen LogP contribution < -0.4 is 5.32 Å². The first kappa shape index (κ1) is 18.9. The minimum Gasteiger partial charge on any atom is -0.379 e. The number of H-pyrrole nitrogens is 1. The quantitative estimate of drug-likeness (QED) is 0.835. The van der Waals surface area contributed by atoms with Crippen LogP contribution in [0.15, 0.2) is 12.1 Å². The molecule has 0 radical (unpaired) electrons. The Morgan fingerprint density at radius 2 is 2.00 bits per heavy atom. The van der Waals surface area contributed by atoms with Gasteiger partial charge in [0.15, 0.2) is 0 Å². The van der Waals surface area contributed by atoms with Crippen LogP contribution in [0.3, 0.4) is 0 Å². The third-order valence-electron chi connectivity index (χ3n) is 5.58. The van der Waals surface area contributed by atoms with Crippen molar-refractivity contribution >= 4 is 16.8 Å². The fourth-order valence-corrected chi connectivity index (χ4v) is 3.75. The number of nitrogens with zero attached hydrogens (tertiary/aromatic N) is 1. The minimum atomic E-state index is 0.125. The first-order valence-corrected chi connectivity index (χ1v) is 9.62. The van der Waals surface area contributed by atoms with E-state index in [0.29, 0.717) is 19.0 Å². The summed E-state index contributed by atoms with van der Waals surface area (Å²) in [5, 5.41) is 4.36. The molecule has 3 rings (SSSR count). The fraction of sp³-hybridized carbons (Fsp3) is 0.571. The molecule has 1 aliphatic heterocycles. The summed E-state index contributed by atoms with van der Waals surface area (Å²) in [4.78, 5) is 18.2. The SMILES string of the molecule is Cc1cc(CNC(=O)CC[C@H](C)N2CCOCC2)c2[nH]c(C)c(C)c2c1. The second-order valence-electron chi connectivity index (χ2n) is 7.53. The van der Waals surface area contributed by atoms with Crippen LogP contribution >= 0.6 is 0 Å². The molecule has 0 aliphatic carbocycles. The molecule has 0 saturated carbocycles. The van der Waals surface area contributed by atoms with Gasteiger partial charge in [0.05, 0.1) is 18.7 Å². The molecule has 1 saturated heterocycles. The zero-order valence-corrected chi connectivity index (χ0v) is 16.4. The number of amides is 1. The predicted molar refractivity (Wildman–Crippen MR) is 105 cm³/mol. The van der Waals surface area contributed by atoms with Crippen LogP contribution in [0.2, 0.25) is 0 Å². The highest BCUT2D eigenvalue weighted by Crippen LogP contribution is 2.26. The first-order chi connectivity index (χ1) is 12.5. The smallest absolute Gasteiger partial charge is 0.220 e. The highest BCUT2D eigenvalue weighted by Gasteiger charge is 2.18. The molecule has 2 aromatic rings. The summed E-state index contributed by atoms with van der Waals surface area (Å²) in [6, 6.07) is 4.79. The van der Waals surface area contributed by atoms with Crippen molar-refractivity contribution in [2.75, 3.05) is 26.3 Å². The Hall–Kier alpha value is -1.85. The average molecular weight is 357 g/mol. The van der Waals surface area contributed by atoms with Gasteiger partial charge in [0, 0.05) is 43.2 Å². The van der Waals surface area contributed by atoms with Crippen LogP contribution in [0.5, 0.6) is 0 Å². The number of rotatable bonds is 6. The Balaban J connectivity index is 1.56. The van der Waals surface area contributed by atoms with Crippen molar-refractivity contribution in [3.05, 3.63) is 34.5 Å². The van der Waals surface area contributed by atoms with E-state index in [0.717, 1.165) is 43.8 Å². The van der Waals surface area contributed by atoms with Gasteiger partial charge >= 0.3 is 0 Å². The van der Waals surface area contributed by atoms with Crippen molar-refractivity contribution in [3.63, 3.8) is 0 Å². The number of aromatic nitrogens is 1. The summed E-state index contributed by atoms with van der Waals surface area (Å²) in [6.07, 6.45) is 1.45. The molecule has 1 aromatic heterocycles. The third kappa shape index (κ3) is 4.27. The molecule has 2 heterocycles. The Kier molecular flexibility index (Phi) is 5.99. The molecule has 1 fully saturated rings. The van der Waals surface area contributed by atoms with Gasteiger partial charge in [-0.25, -0.2) is 0 Å². The molecule has 26 heavy (non-hydrogen) atoms. The van der Waals surface area contributed by atoms with E-state index in [1.807, 2.05) is 0 Å². The number of hydrogen-bond donors (Lipinski definition) is 2. The summed E-state index contributed by atoms with van der Waals surface area (Å²) >= 11 is 0. The lowest BCUT2D eigenvalue weighted by Gasteiger charge is -2.32. The summed E-state index contributed by atoms with van der Waals surface area (Å²) < 4.78 is 5.39. The molecule has 142 valence electrons. The van der Waals surface area contributed by atoms with Crippen molar-refractivity contribution in [2.24, 2.45) is 0 Å². The van der Waals surface area contributed by atoms with Crippen molar-refractivity contribution in [3.8, 4) is 0 Å². The zero-order valence-electron chi connectivity index (χ0n) is 16.4. The molecule has 2 N–H and O–H groups in total. The van der Waals surface area contributed by atoms with Crippen LogP contribution in [0.1, 0.15) is 42.1 Å². The Bertz CT molecular complexity index is 775. The lowest BCUT2D eigenvalue weighted by molar-refractivity contribution is -0.121. The standard InChI is InChI=1S/C21H31N3O2/c1-14-11-18(21-19(12-14)16(3)17(4)23-21)13-22-20(25)6-5-15(2)24-7-9-26-10-8-24/h11-12,15,23H,5-10,13H2,1-4H3,(H,22,25)/t15-/m0/s1. The van der Waals surface area contributed by atoms with E-state index in [2.05, 4.69) is 55.0 Å². The maximum absolute atomic E-state index is 12.3. The van der Waals surface area contributed by atoms with Crippen LogP contribution in [-0.4, -0.2) is 48.1 Å². The maximum atomic E-state index is 12.3. The van der Waals surface area contributed by atoms with E-state index in [1.54, 1.807) is 0 Å². The summed E-state index contributed by atoms with van der Waals surface area (Å²) in [5.41, 5.74) is 6.01. The summed E-state index contributed by atoms with van der Waals surface area (Å²) in [6.45, 7) is 12.7. The Labute approximate surface area is 156 Å². The molecule has 1 amide bonds. The largest absolute Gasteiger partial charge is 0.379 e. The molecular formula is C21H31N3O2. The minimum absolute atomic E-state index is 0.125. The van der Waals surface area contributed by atoms with Crippen LogP contribution in [0.25, 0.3) is 10.9 Å². The number of hydrogen-bond acceptors (Lipinski definition) is 3. The van der Waals surface area contributed by atoms with E-state index in [1.165, 1.54) is 22.2 Å². The van der Waals surface area contributed by atoms with E-state index >= 15 is 0 Å². The molecule has 1 aromatic carbocycles. The van der Waals surface area contributed by atoms with Crippen molar-refractivity contribution in [2.45, 2.75) is 53.1 Å². The van der Waals surface area contributed by atoms with Crippen LogP contribution in [0.4, 0.5) is 0 Å². The van der Waals surface area contributed by atoms with E-state index in [-0.39, 0.29) is 5.91 Å². The van der Waals surface area contributed by atoms with Crippen LogP contribution in [-0.2, 0) is 16.1 Å². The average Bonchev–Trinajstić information content (AvgIpc) is 2.93. The number of fused-ring (bicyclic) bond motifs is 1. The highest BCUT2D eigenvalue weighted by atomic mass is 16.5. The van der Waals surface area contributed by atoms with Crippen molar-refractivity contribution < 1.29 is 9.53 Å². The Morgan fingerprint density at radius 1 is 1.27 bits per heavy atom. The lowest BCUT2D eigenvalue weighted by Crippen LogP contribution is -2.42. The number of ether oxygens (including phenoxy) is 1. The number of nitrogens with one attached hydrogen (secondary N) is 2. The van der Waals surface area contributed by atoms with E-state index < -0.39 is 0 Å². The number of aromatic amines is 1. The topological polar surface area (TPSA) is 57.4 Å². The number of carbonyl (C=O) groups is 1. The first-order valence-electron chi connectivity index (χ1n) is 9.62.